The molecule has 0 radical (unpaired) electrons. The SMILES string of the molecule is CCC(C)NCC(=O)N(C)Cc1cnn(C)c1. The van der Waals surface area contributed by atoms with Crippen molar-refractivity contribution in [3.8, 4) is 0 Å². The van der Waals surface area contributed by atoms with Crippen LogP contribution in [0.4, 0.5) is 0 Å². The molecule has 0 aliphatic heterocycles. The molecule has 5 nitrogen and oxygen atoms in total. The maximum absolute atomic E-state index is 11.8. The van der Waals surface area contributed by atoms with Crippen LogP contribution in [0.2, 0.25) is 0 Å². The Morgan fingerprint density at radius 1 is 1.65 bits per heavy atom. The van der Waals surface area contributed by atoms with E-state index < -0.39 is 0 Å². The van der Waals surface area contributed by atoms with Gasteiger partial charge in [-0.25, -0.2) is 0 Å². The van der Waals surface area contributed by atoms with E-state index in [0.717, 1.165) is 12.0 Å². The highest BCUT2D eigenvalue weighted by atomic mass is 16.2. The molecule has 0 bridgehead atoms. The van der Waals surface area contributed by atoms with Gasteiger partial charge in [0.15, 0.2) is 0 Å². The van der Waals surface area contributed by atoms with Gasteiger partial charge in [-0.2, -0.15) is 5.10 Å². The molecule has 1 unspecified atom stereocenters. The summed E-state index contributed by atoms with van der Waals surface area (Å²) in [6.07, 6.45) is 4.73. The van der Waals surface area contributed by atoms with E-state index in [1.165, 1.54) is 0 Å². The quantitative estimate of drug-likeness (QED) is 0.796. The number of hydrogen-bond acceptors (Lipinski definition) is 3. The summed E-state index contributed by atoms with van der Waals surface area (Å²) in [7, 11) is 3.68. The van der Waals surface area contributed by atoms with Crippen molar-refractivity contribution in [3.63, 3.8) is 0 Å². The van der Waals surface area contributed by atoms with Crippen molar-refractivity contribution in [2.75, 3.05) is 13.6 Å². The molecule has 0 aliphatic rings. The van der Waals surface area contributed by atoms with Crippen LogP contribution in [0.15, 0.2) is 12.4 Å². The molecule has 96 valence electrons. The second-order valence-electron chi connectivity index (χ2n) is 4.46. The van der Waals surface area contributed by atoms with Gasteiger partial charge in [-0.3, -0.25) is 9.48 Å². The molecule has 17 heavy (non-hydrogen) atoms. The molecular weight excluding hydrogens is 216 g/mol. The summed E-state index contributed by atoms with van der Waals surface area (Å²) in [5.74, 6) is 0.106. The van der Waals surface area contributed by atoms with Crippen LogP contribution in [0.1, 0.15) is 25.8 Å². The zero-order valence-corrected chi connectivity index (χ0v) is 11.1. The molecular formula is C12H22N4O. The standard InChI is InChI=1S/C12H22N4O/c1-5-10(2)13-7-12(17)15(3)8-11-6-14-16(4)9-11/h6,9-10,13H,5,7-8H2,1-4H3. The molecule has 0 aromatic carbocycles. The Morgan fingerprint density at radius 2 is 2.35 bits per heavy atom. The highest BCUT2D eigenvalue weighted by molar-refractivity contribution is 5.77. The minimum atomic E-state index is 0.106. The van der Waals surface area contributed by atoms with Gasteiger partial charge < -0.3 is 10.2 Å². The first-order chi connectivity index (χ1) is 8.02. The van der Waals surface area contributed by atoms with Crippen molar-refractivity contribution in [2.45, 2.75) is 32.9 Å². The van der Waals surface area contributed by atoms with Crippen LogP contribution in [0.25, 0.3) is 0 Å². The lowest BCUT2D eigenvalue weighted by Gasteiger charge is -2.18. The summed E-state index contributed by atoms with van der Waals surface area (Å²) in [5.41, 5.74) is 1.05. The van der Waals surface area contributed by atoms with Crippen LogP contribution in [0, 0.1) is 0 Å². The topological polar surface area (TPSA) is 50.2 Å². The predicted octanol–water partition coefficient (Wildman–Crippen LogP) is 0.767. The van der Waals surface area contributed by atoms with Crippen LogP contribution in [-0.2, 0) is 18.4 Å². The Labute approximate surface area is 103 Å². The summed E-state index contributed by atoms with van der Waals surface area (Å²) in [6, 6.07) is 0.380. The van der Waals surface area contributed by atoms with Gasteiger partial charge in [0.2, 0.25) is 5.91 Å². The van der Waals surface area contributed by atoms with E-state index in [0.29, 0.717) is 19.1 Å². The van der Waals surface area contributed by atoms with E-state index in [9.17, 15) is 4.79 Å². The van der Waals surface area contributed by atoms with Gasteiger partial charge in [0.05, 0.1) is 12.7 Å². The van der Waals surface area contributed by atoms with Crippen molar-refractivity contribution in [1.82, 2.24) is 20.0 Å². The van der Waals surface area contributed by atoms with Crippen LogP contribution in [0.5, 0.6) is 0 Å². The van der Waals surface area contributed by atoms with E-state index >= 15 is 0 Å². The van der Waals surface area contributed by atoms with E-state index in [-0.39, 0.29) is 5.91 Å². The van der Waals surface area contributed by atoms with E-state index in [4.69, 9.17) is 0 Å². The average molecular weight is 238 g/mol. The minimum Gasteiger partial charge on any atom is -0.340 e. The van der Waals surface area contributed by atoms with E-state index in [1.54, 1.807) is 15.8 Å². The van der Waals surface area contributed by atoms with E-state index in [2.05, 4.69) is 24.3 Å². The number of likely N-dealkylation sites (N-methyl/N-ethyl adjacent to an activating group) is 1. The van der Waals surface area contributed by atoms with Crippen molar-refractivity contribution in [1.29, 1.82) is 0 Å². The number of aryl methyl sites for hydroxylation is 1. The normalized spacial score (nSPS) is 12.5. The van der Waals surface area contributed by atoms with Gasteiger partial charge in [0.25, 0.3) is 0 Å². The summed E-state index contributed by atoms with van der Waals surface area (Å²) in [5, 5.41) is 7.27. The first-order valence-electron chi connectivity index (χ1n) is 5.97. The van der Waals surface area contributed by atoms with Crippen molar-refractivity contribution >= 4 is 5.91 Å². The molecule has 0 saturated carbocycles. The van der Waals surface area contributed by atoms with Crippen LogP contribution < -0.4 is 5.32 Å². The number of hydrogen-bond donors (Lipinski definition) is 1. The molecule has 1 amide bonds. The van der Waals surface area contributed by atoms with Crippen molar-refractivity contribution in [2.24, 2.45) is 7.05 Å². The first-order valence-corrected chi connectivity index (χ1v) is 5.97. The molecule has 0 aliphatic carbocycles. The number of nitrogens with zero attached hydrogens (tertiary/aromatic N) is 3. The number of amides is 1. The summed E-state index contributed by atoms with van der Waals surface area (Å²) in [4.78, 5) is 13.5. The Hall–Kier alpha value is -1.36. The lowest BCUT2D eigenvalue weighted by atomic mass is 10.2. The van der Waals surface area contributed by atoms with Gasteiger partial charge in [0, 0.05) is 38.4 Å². The molecule has 5 heteroatoms. The third kappa shape index (κ3) is 4.56. The molecule has 1 heterocycles. The van der Waals surface area contributed by atoms with Crippen molar-refractivity contribution in [3.05, 3.63) is 18.0 Å². The fourth-order valence-corrected chi connectivity index (χ4v) is 1.46. The summed E-state index contributed by atoms with van der Waals surface area (Å²) >= 11 is 0. The Kier molecular flexibility index (Phi) is 5.15. The summed E-state index contributed by atoms with van der Waals surface area (Å²) in [6.45, 7) is 5.18. The zero-order valence-electron chi connectivity index (χ0n) is 11.1. The number of rotatable bonds is 6. The zero-order chi connectivity index (χ0) is 12.8. The van der Waals surface area contributed by atoms with Crippen LogP contribution >= 0.6 is 0 Å². The minimum absolute atomic E-state index is 0.106. The third-order valence-corrected chi connectivity index (χ3v) is 2.82. The molecule has 1 N–H and O–H groups in total. The average Bonchev–Trinajstić information content (AvgIpc) is 2.70. The van der Waals surface area contributed by atoms with Crippen LogP contribution in [0.3, 0.4) is 0 Å². The van der Waals surface area contributed by atoms with Gasteiger partial charge in [-0.1, -0.05) is 6.92 Å². The maximum atomic E-state index is 11.8. The highest BCUT2D eigenvalue weighted by Crippen LogP contribution is 2.01. The molecule has 1 aromatic rings. The predicted molar refractivity (Wildman–Crippen MR) is 67.4 cm³/mol. The Balaban J connectivity index is 2.36. The Morgan fingerprint density at radius 3 is 2.88 bits per heavy atom. The fourth-order valence-electron chi connectivity index (χ4n) is 1.46. The fraction of sp³-hybridized carbons (Fsp3) is 0.667. The van der Waals surface area contributed by atoms with Crippen LogP contribution in [-0.4, -0.2) is 40.2 Å². The maximum Gasteiger partial charge on any atom is 0.236 e. The molecule has 1 rings (SSSR count). The van der Waals surface area contributed by atoms with Gasteiger partial charge in [-0.15, -0.1) is 0 Å². The first kappa shape index (κ1) is 13.7. The third-order valence-electron chi connectivity index (χ3n) is 2.82. The number of carbonyl (C=O) groups excluding carboxylic acids is 1. The second kappa shape index (κ2) is 6.39. The molecule has 0 fully saturated rings. The van der Waals surface area contributed by atoms with Gasteiger partial charge in [0.1, 0.15) is 0 Å². The number of aromatic nitrogens is 2. The summed E-state index contributed by atoms with van der Waals surface area (Å²) < 4.78 is 1.74. The largest absolute Gasteiger partial charge is 0.340 e. The number of carbonyl (C=O) groups is 1. The molecule has 0 spiro atoms. The highest BCUT2D eigenvalue weighted by Gasteiger charge is 2.10. The Bertz CT molecular complexity index is 361. The molecule has 1 aromatic heterocycles. The molecule has 0 saturated heterocycles. The smallest absolute Gasteiger partial charge is 0.236 e. The van der Waals surface area contributed by atoms with Crippen molar-refractivity contribution < 1.29 is 4.79 Å². The van der Waals surface area contributed by atoms with Gasteiger partial charge in [-0.05, 0) is 13.3 Å². The number of nitrogens with one attached hydrogen (secondary N) is 1. The lowest BCUT2D eigenvalue weighted by molar-refractivity contribution is -0.129. The van der Waals surface area contributed by atoms with Gasteiger partial charge >= 0.3 is 0 Å². The lowest BCUT2D eigenvalue weighted by Crippen LogP contribution is -2.38. The van der Waals surface area contributed by atoms with E-state index in [1.807, 2.05) is 20.3 Å². The molecule has 1 atom stereocenters. The monoisotopic (exact) mass is 238 g/mol. The second-order valence-corrected chi connectivity index (χ2v) is 4.46.